The van der Waals surface area contributed by atoms with Gasteiger partial charge in [0.15, 0.2) is 0 Å². The predicted octanol–water partition coefficient (Wildman–Crippen LogP) is 5.25. The van der Waals surface area contributed by atoms with Crippen molar-refractivity contribution in [3.63, 3.8) is 0 Å². The lowest BCUT2D eigenvalue weighted by molar-refractivity contribution is 0.209. The summed E-state index contributed by atoms with van der Waals surface area (Å²) >= 11 is 1.60. The van der Waals surface area contributed by atoms with E-state index in [0.29, 0.717) is 6.54 Å². The van der Waals surface area contributed by atoms with Crippen LogP contribution in [0.1, 0.15) is 18.9 Å². The van der Waals surface area contributed by atoms with Gasteiger partial charge in [0.1, 0.15) is 5.01 Å². The van der Waals surface area contributed by atoms with Gasteiger partial charge in [-0.2, -0.15) is 0 Å². The van der Waals surface area contributed by atoms with Gasteiger partial charge in [0.2, 0.25) is 0 Å². The largest absolute Gasteiger partial charge is 0.322 e. The minimum Gasteiger partial charge on any atom is -0.320 e. The van der Waals surface area contributed by atoms with Gasteiger partial charge in [0, 0.05) is 35.9 Å². The second kappa shape index (κ2) is 8.44. The van der Waals surface area contributed by atoms with E-state index in [9.17, 15) is 4.79 Å². The van der Waals surface area contributed by atoms with E-state index in [2.05, 4.69) is 17.2 Å². The van der Waals surface area contributed by atoms with Gasteiger partial charge in [-0.05, 0) is 36.2 Å². The number of aromatic nitrogens is 1. The van der Waals surface area contributed by atoms with Crippen LogP contribution in [-0.2, 0) is 6.54 Å². The summed E-state index contributed by atoms with van der Waals surface area (Å²) in [5.74, 6) is 0. The van der Waals surface area contributed by atoms with E-state index in [0.717, 1.165) is 34.8 Å². The third-order valence-electron chi connectivity index (χ3n) is 3.81. The topological polar surface area (TPSA) is 45.2 Å². The van der Waals surface area contributed by atoms with Crippen LogP contribution in [0.25, 0.3) is 10.6 Å². The van der Waals surface area contributed by atoms with Crippen LogP contribution in [0.4, 0.5) is 10.5 Å². The monoisotopic (exact) mass is 351 g/mol. The number of urea groups is 1. The molecule has 0 radical (unpaired) electrons. The molecular formula is C20H21N3OS. The van der Waals surface area contributed by atoms with Crippen LogP contribution in [0, 0.1) is 0 Å². The Morgan fingerprint density at radius 3 is 2.52 bits per heavy atom. The first kappa shape index (κ1) is 17.2. The summed E-state index contributed by atoms with van der Waals surface area (Å²) in [5.41, 5.74) is 2.98. The average molecular weight is 351 g/mol. The molecule has 2 amide bonds. The Kier molecular flexibility index (Phi) is 5.80. The first-order valence-corrected chi connectivity index (χ1v) is 9.24. The Hall–Kier alpha value is -2.66. The van der Waals surface area contributed by atoms with Crippen molar-refractivity contribution in [3.05, 3.63) is 71.7 Å². The van der Waals surface area contributed by atoms with Crippen molar-refractivity contribution < 1.29 is 4.79 Å². The molecule has 5 heteroatoms. The maximum atomic E-state index is 12.6. The van der Waals surface area contributed by atoms with Crippen LogP contribution in [0.5, 0.6) is 0 Å². The standard InChI is InChI=1S/C20H21N3OS/c1-2-13-23(15-16-6-4-3-5-7-16)20(24)22-18-10-8-17(9-11-18)19-21-12-14-25-19/h3-12,14H,2,13,15H2,1H3,(H,22,24). The van der Waals surface area contributed by atoms with Gasteiger partial charge in [0.25, 0.3) is 0 Å². The van der Waals surface area contributed by atoms with E-state index in [1.165, 1.54) is 0 Å². The van der Waals surface area contributed by atoms with Gasteiger partial charge >= 0.3 is 6.03 Å². The van der Waals surface area contributed by atoms with Crippen LogP contribution in [0.2, 0.25) is 0 Å². The number of hydrogen-bond donors (Lipinski definition) is 1. The van der Waals surface area contributed by atoms with E-state index in [1.807, 2.05) is 64.9 Å². The summed E-state index contributed by atoms with van der Waals surface area (Å²) < 4.78 is 0. The number of nitrogens with zero attached hydrogens (tertiary/aromatic N) is 2. The minimum absolute atomic E-state index is 0.0762. The van der Waals surface area contributed by atoms with Crippen LogP contribution in [0.3, 0.4) is 0 Å². The predicted molar refractivity (Wildman–Crippen MR) is 104 cm³/mol. The first-order chi connectivity index (χ1) is 12.3. The highest BCUT2D eigenvalue weighted by atomic mass is 32.1. The Bertz CT molecular complexity index is 786. The van der Waals surface area contributed by atoms with E-state index in [1.54, 1.807) is 17.5 Å². The van der Waals surface area contributed by atoms with Crippen molar-refractivity contribution in [2.75, 3.05) is 11.9 Å². The SMILES string of the molecule is CCCN(Cc1ccccc1)C(=O)Nc1ccc(-c2nccs2)cc1. The number of hydrogen-bond acceptors (Lipinski definition) is 3. The normalized spacial score (nSPS) is 10.4. The van der Waals surface area contributed by atoms with Gasteiger partial charge in [-0.1, -0.05) is 37.3 Å². The summed E-state index contributed by atoms with van der Waals surface area (Å²) in [6.07, 6.45) is 2.71. The van der Waals surface area contributed by atoms with Crippen LogP contribution in [-0.4, -0.2) is 22.5 Å². The number of anilines is 1. The number of rotatable bonds is 6. The van der Waals surface area contributed by atoms with Crippen molar-refractivity contribution in [3.8, 4) is 10.6 Å². The molecule has 128 valence electrons. The van der Waals surface area contributed by atoms with Crippen molar-refractivity contribution >= 4 is 23.1 Å². The molecule has 0 bridgehead atoms. The van der Waals surface area contributed by atoms with Crippen molar-refractivity contribution in [1.29, 1.82) is 0 Å². The summed E-state index contributed by atoms with van der Waals surface area (Å²) in [7, 11) is 0. The molecule has 0 spiro atoms. The molecule has 25 heavy (non-hydrogen) atoms. The molecule has 0 aliphatic heterocycles. The van der Waals surface area contributed by atoms with Gasteiger partial charge < -0.3 is 10.2 Å². The fourth-order valence-electron chi connectivity index (χ4n) is 2.59. The van der Waals surface area contributed by atoms with E-state index >= 15 is 0 Å². The average Bonchev–Trinajstić information content (AvgIpc) is 3.17. The molecule has 3 rings (SSSR count). The quantitative estimate of drug-likeness (QED) is 0.659. The summed E-state index contributed by atoms with van der Waals surface area (Å²) in [6.45, 7) is 3.41. The molecule has 0 saturated carbocycles. The molecule has 0 fully saturated rings. The fourth-order valence-corrected chi connectivity index (χ4v) is 3.24. The second-order valence-electron chi connectivity index (χ2n) is 5.75. The lowest BCUT2D eigenvalue weighted by Gasteiger charge is -2.22. The lowest BCUT2D eigenvalue weighted by Crippen LogP contribution is -2.35. The number of amides is 2. The third-order valence-corrected chi connectivity index (χ3v) is 4.63. The molecule has 2 aromatic carbocycles. The Balaban J connectivity index is 1.66. The third kappa shape index (κ3) is 4.67. The smallest absolute Gasteiger partial charge is 0.320 e. The highest BCUT2D eigenvalue weighted by Crippen LogP contribution is 2.23. The summed E-state index contributed by atoms with van der Waals surface area (Å²) in [6, 6.07) is 17.8. The van der Waals surface area contributed by atoms with E-state index in [-0.39, 0.29) is 6.03 Å². The van der Waals surface area contributed by atoms with Crippen molar-refractivity contribution in [2.24, 2.45) is 0 Å². The van der Waals surface area contributed by atoms with Crippen LogP contribution in [0.15, 0.2) is 66.2 Å². The zero-order valence-corrected chi connectivity index (χ0v) is 15.0. The summed E-state index contributed by atoms with van der Waals surface area (Å²) in [5, 5.41) is 5.93. The van der Waals surface area contributed by atoms with Gasteiger partial charge in [-0.25, -0.2) is 9.78 Å². The molecule has 1 heterocycles. The molecular weight excluding hydrogens is 330 g/mol. The molecule has 0 saturated heterocycles. The van der Waals surface area contributed by atoms with Crippen molar-refractivity contribution in [1.82, 2.24) is 9.88 Å². The summed E-state index contributed by atoms with van der Waals surface area (Å²) in [4.78, 5) is 18.8. The fraction of sp³-hybridized carbons (Fsp3) is 0.200. The van der Waals surface area contributed by atoms with E-state index in [4.69, 9.17) is 0 Å². The van der Waals surface area contributed by atoms with Crippen LogP contribution < -0.4 is 5.32 Å². The van der Waals surface area contributed by atoms with Gasteiger partial charge in [0.05, 0.1) is 0 Å². The minimum atomic E-state index is -0.0762. The number of thiazole rings is 1. The van der Waals surface area contributed by atoms with Crippen LogP contribution >= 0.6 is 11.3 Å². The molecule has 0 atom stereocenters. The molecule has 0 unspecified atom stereocenters. The molecule has 4 nitrogen and oxygen atoms in total. The zero-order valence-electron chi connectivity index (χ0n) is 14.2. The van der Waals surface area contributed by atoms with Gasteiger partial charge in [-0.3, -0.25) is 0 Å². The molecule has 3 aromatic rings. The highest BCUT2D eigenvalue weighted by molar-refractivity contribution is 7.13. The Morgan fingerprint density at radius 1 is 1.12 bits per heavy atom. The Labute approximate surface area is 152 Å². The number of nitrogens with one attached hydrogen (secondary N) is 1. The number of carbonyl (C=O) groups excluding carboxylic acids is 1. The van der Waals surface area contributed by atoms with Crippen molar-refractivity contribution in [2.45, 2.75) is 19.9 Å². The number of benzene rings is 2. The highest BCUT2D eigenvalue weighted by Gasteiger charge is 2.13. The van der Waals surface area contributed by atoms with Gasteiger partial charge in [-0.15, -0.1) is 11.3 Å². The Morgan fingerprint density at radius 2 is 1.88 bits per heavy atom. The molecule has 1 aromatic heterocycles. The van der Waals surface area contributed by atoms with E-state index < -0.39 is 0 Å². The molecule has 0 aliphatic rings. The molecule has 0 aliphatic carbocycles. The first-order valence-electron chi connectivity index (χ1n) is 8.36. The maximum Gasteiger partial charge on any atom is 0.322 e. The molecule has 1 N–H and O–H groups in total. The second-order valence-corrected chi connectivity index (χ2v) is 6.65. The maximum absolute atomic E-state index is 12.6. The lowest BCUT2D eigenvalue weighted by atomic mass is 10.2. The zero-order chi connectivity index (χ0) is 17.5. The number of carbonyl (C=O) groups is 1.